The molecule has 156 valence electrons. The molecule has 0 atom stereocenters. The Hall–Kier alpha value is -2.26. The van der Waals surface area contributed by atoms with Crippen LogP contribution < -0.4 is 0 Å². The number of amides is 1. The maximum Gasteiger partial charge on any atom is 0.243 e. The number of aryl methyl sites for hydroxylation is 2. The summed E-state index contributed by atoms with van der Waals surface area (Å²) in [5.41, 5.74) is 2.69. The molecule has 2 aliphatic heterocycles. The SMILES string of the molecule is Cn1nc(CCC(=O)N2CCCC2)c2c1CCN(S(=O)(=O)c1ccc(F)cc1)C2. The number of halogens is 1. The highest BCUT2D eigenvalue weighted by Crippen LogP contribution is 2.28. The fraction of sp³-hybridized carbons (Fsp3) is 0.500. The Morgan fingerprint density at radius 1 is 1.14 bits per heavy atom. The van der Waals surface area contributed by atoms with Gasteiger partial charge in [-0.3, -0.25) is 9.48 Å². The Balaban J connectivity index is 1.52. The van der Waals surface area contributed by atoms with Gasteiger partial charge in [-0.05, 0) is 37.1 Å². The number of sulfonamides is 1. The molecule has 0 aliphatic carbocycles. The number of hydrogen-bond donors (Lipinski definition) is 0. The van der Waals surface area contributed by atoms with Crippen molar-refractivity contribution in [2.45, 2.75) is 43.5 Å². The van der Waals surface area contributed by atoms with Crippen LogP contribution in [0.2, 0.25) is 0 Å². The number of likely N-dealkylation sites (tertiary alicyclic amines) is 1. The molecule has 3 heterocycles. The first kappa shape index (κ1) is 20.0. The van der Waals surface area contributed by atoms with Gasteiger partial charge >= 0.3 is 0 Å². The number of carbonyl (C=O) groups is 1. The van der Waals surface area contributed by atoms with Gasteiger partial charge < -0.3 is 4.90 Å². The first-order valence-corrected chi connectivity index (χ1v) is 11.4. The summed E-state index contributed by atoms with van der Waals surface area (Å²) in [7, 11) is -1.86. The van der Waals surface area contributed by atoms with Crippen LogP contribution in [0.15, 0.2) is 29.2 Å². The largest absolute Gasteiger partial charge is 0.343 e. The number of nitrogens with zero attached hydrogens (tertiary/aromatic N) is 4. The Bertz CT molecular complexity index is 1010. The summed E-state index contributed by atoms with van der Waals surface area (Å²) < 4.78 is 42.4. The normalized spacial score (nSPS) is 17.5. The summed E-state index contributed by atoms with van der Waals surface area (Å²) in [6, 6.07) is 4.89. The molecule has 0 N–H and O–H groups in total. The van der Waals surface area contributed by atoms with Crippen molar-refractivity contribution >= 4 is 15.9 Å². The minimum Gasteiger partial charge on any atom is -0.343 e. The van der Waals surface area contributed by atoms with E-state index in [1.54, 1.807) is 4.68 Å². The van der Waals surface area contributed by atoms with Crippen LogP contribution in [0.4, 0.5) is 4.39 Å². The summed E-state index contributed by atoms with van der Waals surface area (Å²) >= 11 is 0. The van der Waals surface area contributed by atoms with Gasteiger partial charge in [-0.25, -0.2) is 12.8 Å². The van der Waals surface area contributed by atoms with Gasteiger partial charge in [-0.1, -0.05) is 0 Å². The van der Waals surface area contributed by atoms with E-state index in [2.05, 4.69) is 5.10 Å². The quantitative estimate of drug-likeness (QED) is 0.740. The molecule has 1 saturated heterocycles. The van der Waals surface area contributed by atoms with E-state index in [1.807, 2.05) is 11.9 Å². The predicted molar refractivity (Wildman–Crippen MR) is 105 cm³/mol. The van der Waals surface area contributed by atoms with Crippen LogP contribution in [0.25, 0.3) is 0 Å². The third-order valence-electron chi connectivity index (χ3n) is 5.78. The second-order valence-corrected chi connectivity index (χ2v) is 9.56. The number of rotatable bonds is 5. The van der Waals surface area contributed by atoms with Crippen LogP contribution in [0.3, 0.4) is 0 Å². The van der Waals surface area contributed by atoms with Crippen LogP contribution >= 0.6 is 0 Å². The second kappa shape index (κ2) is 7.87. The van der Waals surface area contributed by atoms with E-state index < -0.39 is 15.8 Å². The zero-order valence-corrected chi connectivity index (χ0v) is 17.3. The standard InChI is InChI=1S/C20H25FN4O3S/c1-23-19-10-13-25(29(27,28)16-6-4-15(21)5-7-16)14-17(19)18(22-23)8-9-20(26)24-11-2-3-12-24/h4-7H,2-3,8-14H2,1H3. The van der Waals surface area contributed by atoms with Gasteiger partial charge in [-0.2, -0.15) is 9.40 Å². The van der Waals surface area contributed by atoms with Crippen molar-refractivity contribution in [3.63, 3.8) is 0 Å². The van der Waals surface area contributed by atoms with Gasteiger partial charge in [0.2, 0.25) is 15.9 Å². The van der Waals surface area contributed by atoms with Gasteiger partial charge in [-0.15, -0.1) is 0 Å². The molecule has 9 heteroatoms. The van der Waals surface area contributed by atoms with Crippen molar-refractivity contribution in [2.75, 3.05) is 19.6 Å². The second-order valence-electron chi connectivity index (χ2n) is 7.63. The molecule has 1 amide bonds. The Morgan fingerprint density at radius 2 is 1.83 bits per heavy atom. The molecule has 2 aliphatic rings. The minimum atomic E-state index is -3.72. The van der Waals surface area contributed by atoms with E-state index in [1.165, 1.54) is 16.4 Å². The third kappa shape index (κ3) is 3.93. The molecule has 4 rings (SSSR count). The van der Waals surface area contributed by atoms with E-state index in [0.29, 0.717) is 25.8 Å². The van der Waals surface area contributed by atoms with Crippen molar-refractivity contribution in [3.05, 3.63) is 47.0 Å². The lowest BCUT2D eigenvalue weighted by atomic mass is 10.0. The van der Waals surface area contributed by atoms with Crippen molar-refractivity contribution < 1.29 is 17.6 Å². The lowest BCUT2D eigenvalue weighted by Crippen LogP contribution is -2.36. The number of fused-ring (bicyclic) bond motifs is 1. The van der Waals surface area contributed by atoms with Crippen molar-refractivity contribution in [3.8, 4) is 0 Å². The first-order chi connectivity index (χ1) is 13.9. The van der Waals surface area contributed by atoms with Crippen molar-refractivity contribution in [1.29, 1.82) is 0 Å². The highest BCUT2D eigenvalue weighted by molar-refractivity contribution is 7.89. The fourth-order valence-corrected chi connectivity index (χ4v) is 5.57. The van der Waals surface area contributed by atoms with Gasteiger partial charge in [0.25, 0.3) is 0 Å². The molecule has 1 aromatic heterocycles. The molecule has 0 radical (unpaired) electrons. The van der Waals surface area contributed by atoms with Gasteiger partial charge in [0.1, 0.15) is 5.82 Å². The first-order valence-electron chi connectivity index (χ1n) is 9.93. The van der Waals surface area contributed by atoms with Gasteiger partial charge in [0.05, 0.1) is 10.6 Å². The molecule has 1 fully saturated rings. The molecular weight excluding hydrogens is 395 g/mol. The maximum absolute atomic E-state index is 13.2. The van der Waals surface area contributed by atoms with Crippen LogP contribution in [-0.2, 0) is 41.3 Å². The van der Waals surface area contributed by atoms with Crippen LogP contribution in [0.1, 0.15) is 36.2 Å². The molecule has 29 heavy (non-hydrogen) atoms. The molecule has 0 unspecified atom stereocenters. The molecule has 0 saturated carbocycles. The number of carbonyl (C=O) groups excluding carboxylic acids is 1. The van der Waals surface area contributed by atoms with Crippen LogP contribution in [0, 0.1) is 5.82 Å². The average Bonchev–Trinajstić information content (AvgIpc) is 3.35. The Morgan fingerprint density at radius 3 is 2.52 bits per heavy atom. The highest BCUT2D eigenvalue weighted by atomic mass is 32.2. The fourth-order valence-electron chi connectivity index (χ4n) is 4.16. The lowest BCUT2D eigenvalue weighted by Gasteiger charge is -2.27. The molecule has 7 nitrogen and oxygen atoms in total. The average molecular weight is 421 g/mol. The molecule has 1 aromatic carbocycles. The van der Waals surface area contributed by atoms with E-state index >= 15 is 0 Å². The van der Waals surface area contributed by atoms with Crippen molar-refractivity contribution in [2.24, 2.45) is 7.05 Å². The molecule has 2 aromatic rings. The van der Waals surface area contributed by atoms with Crippen molar-refractivity contribution in [1.82, 2.24) is 19.0 Å². The topological polar surface area (TPSA) is 75.5 Å². The monoisotopic (exact) mass is 420 g/mol. The van der Waals surface area contributed by atoms with E-state index in [9.17, 15) is 17.6 Å². The number of hydrogen-bond acceptors (Lipinski definition) is 4. The lowest BCUT2D eigenvalue weighted by molar-refractivity contribution is -0.130. The third-order valence-corrected chi connectivity index (χ3v) is 7.64. The van der Waals surface area contributed by atoms with Crippen LogP contribution in [-0.4, -0.2) is 52.9 Å². The molecule has 0 bridgehead atoms. The summed E-state index contributed by atoms with van der Waals surface area (Å²) in [5.74, 6) is -0.337. The summed E-state index contributed by atoms with van der Waals surface area (Å²) in [5, 5.41) is 4.57. The Kier molecular flexibility index (Phi) is 5.44. The van der Waals surface area contributed by atoms with E-state index in [0.717, 1.165) is 55.0 Å². The Labute approximate surface area is 170 Å². The smallest absolute Gasteiger partial charge is 0.243 e. The van der Waals surface area contributed by atoms with E-state index in [4.69, 9.17) is 0 Å². The van der Waals surface area contributed by atoms with Crippen LogP contribution in [0.5, 0.6) is 0 Å². The summed E-state index contributed by atoms with van der Waals surface area (Å²) in [4.78, 5) is 14.4. The number of aromatic nitrogens is 2. The molecule has 0 spiro atoms. The summed E-state index contributed by atoms with van der Waals surface area (Å²) in [6.07, 6.45) is 3.55. The highest BCUT2D eigenvalue weighted by Gasteiger charge is 2.32. The summed E-state index contributed by atoms with van der Waals surface area (Å²) in [6.45, 7) is 2.21. The minimum absolute atomic E-state index is 0.0806. The predicted octanol–water partition coefficient (Wildman–Crippen LogP) is 1.86. The zero-order valence-electron chi connectivity index (χ0n) is 16.5. The maximum atomic E-state index is 13.2. The molecular formula is C20H25FN4O3S. The van der Waals surface area contributed by atoms with E-state index in [-0.39, 0.29) is 17.3 Å². The zero-order chi connectivity index (χ0) is 20.6. The number of benzene rings is 1. The van der Waals surface area contributed by atoms with Gasteiger partial charge in [0, 0.05) is 63.7 Å². The van der Waals surface area contributed by atoms with Gasteiger partial charge in [0.15, 0.2) is 0 Å².